The predicted octanol–water partition coefficient (Wildman–Crippen LogP) is 2.26. The maximum atomic E-state index is 11.0. The fourth-order valence-electron chi connectivity index (χ4n) is 2.04. The molecule has 0 saturated carbocycles. The standard InChI is InChI=1S/C14H18N2O2/c1-18-14(17)8-6-12-5-7-13(15-11-12)16-9-3-2-4-10-16/h5-8,11H,2-4,9-10H2,1H3. The van der Waals surface area contributed by atoms with Crippen LogP contribution in [0.4, 0.5) is 5.82 Å². The van der Waals surface area contributed by atoms with Crippen molar-refractivity contribution in [1.29, 1.82) is 0 Å². The number of hydrogen-bond donors (Lipinski definition) is 0. The van der Waals surface area contributed by atoms with Crippen LogP contribution in [0.25, 0.3) is 6.08 Å². The Bertz CT molecular complexity index is 420. The lowest BCUT2D eigenvalue weighted by atomic mass is 10.1. The van der Waals surface area contributed by atoms with Crippen molar-refractivity contribution in [3.63, 3.8) is 0 Å². The maximum absolute atomic E-state index is 11.0. The molecule has 1 aromatic heterocycles. The molecule has 0 atom stereocenters. The van der Waals surface area contributed by atoms with E-state index in [2.05, 4.69) is 14.6 Å². The van der Waals surface area contributed by atoms with E-state index in [1.165, 1.54) is 32.4 Å². The van der Waals surface area contributed by atoms with Gasteiger partial charge in [-0.2, -0.15) is 0 Å². The predicted molar refractivity (Wildman–Crippen MR) is 71.4 cm³/mol. The molecule has 1 aliphatic rings. The molecule has 4 heteroatoms. The molecule has 1 aliphatic heterocycles. The van der Waals surface area contributed by atoms with Gasteiger partial charge in [-0.1, -0.05) is 0 Å². The Morgan fingerprint density at radius 3 is 2.72 bits per heavy atom. The summed E-state index contributed by atoms with van der Waals surface area (Å²) in [6.45, 7) is 2.18. The Kier molecular flexibility index (Phi) is 4.34. The van der Waals surface area contributed by atoms with Gasteiger partial charge in [0.2, 0.25) is 0 Å². The van der Waals surface area contributed by atoms with Gasteiger partial charge in [-0.15, -0.1) is 0 Å². The number of esters is 1. The van der Waals surface area contributed by atoms with E-state index in [0.717, 1.165) is 24.5 Å². The van der Waals surface area contributed by atoms with Crippen molar-refractivity contribution in [2.24, 2.45) is 0 Å². The summed E-state index contributed by atoms with van der Waals surface area (Å²) >= 11 is 0. The number of anilines is 1. The number of carbonyl (C=O) groups excluding carboxylic acids is 1. The largest absolute Gasteiger partial charge is 0.466 e. The SMILES string of the molecule is COC(=O)C=Cc1ccc(N2CCCCC2)nc1. The first-order chi connectivity index (χ1) is 8.79. The number of nitrogens with zero attached hydrogens (tertiary/aromatic N) is 2. The molecule has 2 heterocycles. The monoisotopic (exact) mass is 246 g/mol. The smallest absolute Gasteiger partial charge is 0.330 e. The minimum atomic E-state index is -0.352. The third kappa shape index (κ3) is 3.32. The minimum Gasteiger partial charge on any atom is -0.466 e. The molecule has 0 aromatic carbocycles. The Hall–Kier alpha value is -1.84. The van der Waals surface area contributed by atoms with Crippen LogP contribution in [0.1, 0.15) is 24.8 Å². The molecule has 0 bridgehead atoms. The van der Waals surface area contributed by atoms with Crippen LogP contribution in [0, 0.1) is 0 Å². The van der Waals surface area contributed by atoms with E-state index in [-0.39, 0.29) is 5.97 Å². The molecular weight excluding hydrogens is 228 g/mol. The fraction of sp³-hybridized carbons (Fsp3) is 0.429. The average molecular weight is 246 g/mol. The molecule has 0 unspecified atom stereocenters. The van der Waals surface area contributed by atoms with Gasteiger partial charge in [-0.25, -0.2) is 9.78 Å². The third-order valence-corrected chi connectivity index (χ3v) is 3.06. The number of pyridine rings is 1. The Balaban J connectivity index is 2.00. The summed E-state index contributed by atoms with van der Waals surface area (Å²) in [6, 6.07) is 3.97. The molecule has 0 aliphatic carbocycles. The topological polar surface area (TPSA) is 42.4 Å². The van der Waals surface area contributed by atoms with Crippen molar-refractivity contribution in [1.82, 2.24) is 4.98 Å². The van der Waals surface area contributed by atoms with E-state index >= 15 is 0 Å². The van der Waals surface area contributed by atoms with E-state index in [1.807, 2.05) is 12.1 Å². The molecular formula is C14H18N2O2. The molecule has 4 nitrogen and oxygen atoms in total. The average Bonchev–Trinajstić information content (AvgIpc) is 2.46. The molecule has 1 saturated heterocycles. The second-order valence-corrected chi connectivity index (χ2v) is 4.35. The molecule has 1 fully saturated rings. The molecule has 96 valence electrons. The van der Waals surface area contributed by atoms with Gasteiger partial charge in [0.25, 0.3) is 0 Å². The van der Waals surface area contributed by atoms with Crippen molar-refractivity contribution >= 4 is 17.9 Å². The first-order valence-electron chi connectivity index (χ1n) is 6.26. The Labute approximate surface area is 107 Å². The zero-order valence-corrected chi connectivity index (χ0v) is 10.6. The zero-order chi connectivity index (χ0) is 12.8. The maximum Gasteiger partial charge on any atom is 0.330 e. The highest BCUT2D eigenvalue weighted by molar-refractivity contribution is 5.86. The van der Waals surface area contributed by atoms with E-state index in [0.29, 0.717) is 0 Å². The van der Waals surface area contributed by atoms with Gasteiger partial charge >= 0.3 is 5.97 Å². The van der Waals surface area contributed by atoms with Crippen LogP contribution in [0.5, 0.6) is 0 Å². The summed E-state index contributed by atoms with van der Waals surface area (Å²) in [5.74, 6) is 0.667. The van der Waals surface area contributed by atoms with E-state index in [1.54, 1.807) is 12.3 Å². The lowest BCUT2D eigenvalue weighted by Crippen LogP contribution is -2.29. The van der Waals surface area contributed by atoms with Gasteiger partial charge in [-0.3, -0.25) is 0 Å². The summed E-state index contributed by atoms with van der Waals surface area (Å²) in [7, 11) is 1.37. The highest BCUT2D eigenvalue weighted by Gasteiger charge is 2.11. The van der Waals surface area contributed by atoms with Crippen LogP contribution in [-0.2, 0) is 9.53 Å². The summed E-state index contributed by atoms with van der Waals surface area (Å²) in [4.78, 5) is 17.7. The molecule has 0 N–H and O–H groups in total. The lowest BCUT2D eigenvalue weighted by molar-refractivity contribution is -0.134. The van der Waals surface area contributed by atoms with E-state index < -0.39 is 0 Å². The van der Waals surface area contributed by atoms with Crippen LogP contribution in [0.15, 0.2) is 24.4 Å². The zero-order valence-electron chi connectivity index (χ0n) is 10.6. The van der Waals surface area contributed by atoms with Gasteiger partial charge in [0.15, 0.2) is 0 Å². The molecule has 0 radical (unpaired) electrons. The second-order valence-electron chi connectivity index (χ2n) is 4.35. The van der Waals surface area contributed by atoms with Crippen molar-refractivity contribution in [3.05, 3.63) is 30.0 Å². The van der Waals surface area contributed by atoms with Crippen LogP contribution in [-0.4, -0.2) is 31.2 Å². The number of rotatable bonds is 3. The van der Waals surface area contributed by atoms with Crippen molar-refractivity contribution < 1.29 is 9.53 Å². The number of carbonyl (C=O) groups is 1. The quantitative estimate of drug-likeness (QED) is 0.606. The van der Waals surface area contributed by atoms with Gasteiger partial charge in [0, 0.05) is 25.4 Å². The van der Waals surface area contributed by atoms with Crippen molar-refractivity contribution in [2.45, 2.75) is 19.3 Å². The fourth-order valence-corrected chi connectivity index (χ4v) is 2.04. The van der Waals surface area contributed by atoms with Gasteiger partial charge in [0.05, 0.1) is 7.11 Å². The molecule has 0 amide bonds. The summed E-state index contributed by atoms with van der Waals surface area (Å²) < 4.78 is 4.54. The normalized spacial score (nSPS) is 15.9. The van der Waals surface area contributed by atoms with Gasteiger partial charge in [0.1, 0.15) is 5.82 Å². The number of aromatic nitrogens is 1. The summed E-state index contributed by atoms with van der Waals surface area (Å²) in [6.07, 6.45) is 8.69. The van der Waals surface area contributed by atoms with Crippen LogP contribution in [0.3, 0.4) is 0 Å². The molecule has 18 heavy (non-hydrogen) atoms. The Morgan fingerprint density at radius 1 is 1.33 bits per heavy atom. The number of piperidine rings is 1. The van der Waals surface area contributed by atoms with Crippen LogP contribution in [0.2, 0.25) is 0 Å². The summed E-state index contributed by atoms with van der Waals surface area (Å²) in [5, 5.41) is 0. The van der Waals surface area contributed by atoms with Crippen LogP contribution < -0.4 is 4.90 Å². The number of methoxy groups -OCH3 is 1. The van der Waals surface area contributed by atoms with E-state index in [9.17, 15) is 4.79 Å². The van der Waals surface area contributed by atoms with Gasteiger partial charge < -0.3 is 9.64 Å². The van der Waals surface area contributed by atoms with E-state index in [4.69, 9.17) is 0 Å². The summed E-state index contributed by atoms with van der Waals surface area (Å²) in [5.41, 5.74) is 0.904. The first kappa shape index (κ1) is 12.6. The van der Waals surface area contributed by atoms with Gasteiger partial charge in [-0.05, 0) is 43.0 Å². The van der Waals surface area contributed by atoms with Crippen LogP contribution >= 0.6 is 0 Å². The van der Waals surface area contributed by atoms with Crippen molar-refractivity contribution in [3.8, 4) is 0 Å². The van der Waals surface area contributed by atoms with Crippen molar-refractivity contribution in [2.75, 3.05) is 25.1 Å². The molecule has 1 aromatic rings. The Morgan fingerprint density at radius 2 is 2.11 bits per heavy atom. The lowest BCUT2D eigenvalue weighted by Gasteiger charge is -2.27. The minimum absolute atomic E-state index is 0.352. The first-order valence-corrected chi connectivity index (χ1v) is 6.26. The molecule has 2 rings (SSSR count). The second kappa shape index (κ2) is 6.19. The third-order valence-electron chi connectivity index (χ3n) is 3.06. The highest BCUT2D eigenvalue weighted by Crippen LogP contribution is 2.17. The molecule has 0 spiro atoms. The number of hydrogen-bond acceptors (Lipinski definition) is 4. The number of ether oxygens (including phenoxy) is 1. The highest BCUT2D eigenvalue weighted by atomic mass is 16.5.